The molecule has 0 radical (unpaired) electrons. The summed E-state index contributed by atoms with van der Waals surface area (Å²) in [5.74, 6) is -0.862. The van der Waals surface area contributed by atoms with Crippen molar-refractivity contribution in [2.24, 2.45) is 0 Å². The number of carboxylic acid groups (broad SMARTS) is 1. The van der Waals surface area contributed by atoms with Crippen molar-refractivity contribution in [3.8, 4) is 11.3 Å². The highest BCUT2D eigenvalue weighted by Gasteiger charge is 2.22. The number of hydrogen-bond donors (Lipinski definition) is 1. The Morgan fingerprint density at radius 1 is 1.56 bits per heavy atom. The molecule has 2 aromatic rings. The molecule has 0 saturated carbocycles. The summed E-state index contributed by atoms with van der Waals surface area (Å²) in [4.78, 5) is 19.1. The van der Waals surface area contributed by atoms with Gasteiger partial charge in [0, 0.05) is 30.2 Å². The van der Waals surface area contributed by atoms with Gasteiger partial charge in [-0.1, -0.05) is 0 Å². The predicted molar refractivity (Wildman–Crippen MR) is 71.5 cm³/mol. The summed E-state index contributed by atoms with van der Waals surface area (Å²) in [7, 11) is 2.04. The second-order valence-electron chi connectivity index (χ2n) is 4.30. The molecule has 5 heteroatoms. The van der Waals surface area contributed by atoms with Crippen LogP contribution in [-0.4, -0.2) is 29.7 Å². The molecule has 0 bridgehead atoms. The van der Waals surface area contributed by atoms with E-state index in [9.17, 15) is 4.79 Å². The van der Waals surface area contributed by atoms with Crippen molar-refractivity contribution >= 4 is 23.0 Å². The molecule has 0 saturated heterocycles. The molecule has 4 nitrogen and oxygen atoms in total. The SMILES string of the molecule is CN1CCc2sc(C(=O)O)cc2-c2ncccc21. The molecule has 0 atom stereocenters. The zero-order chi connectivity index (χ0) is 12.7. The number of anilines is 1. The summed E-state index contributed by atoms with van der Waals surface area (Å²) in [6.07, 6.45) is 2.61. The van der Waals surface area contributed by atoms with Gasteiger partial charge in [0.25, 0.3) is 0 Å². The van der Waals surface area contributed by atoms with E-state index in [1.807, 2.05) is 19.2 Å². The van der Waals surface area contributed by atoms with Crippen LogP contribution < -0.4 is 4.90 Å². The molecule has 1 aliphatic rings. The molecule has 0 spiro atoms. The van der Waals surface area contributed by atoms with Gasteiger partial charge in [-0.3, -0.25) is 4.98 Å². The highest BCUT2D eigenvalue weighted by Crippen LogP contribution is 2.38. The molecule has 2 aromatic heterocycles. The van der Waals surface area contributed by atoms with Gasteiger partial charge in [-0.15, -0.1) is 11.3 Å². The number of hydrogen-bond acceptors (Lipinski definition) is 4. The third kappa shape index (κ3) is 1.67. The van der Waals surface area contributed by atoms with Crippen LogP contribution in [0.1, 0.15) is 14.5 Å². The predicted octanol–water partition coefficient (Wildman–Crippen LogP) is 2.50. The number of carboxylic acids is 1. The minimum atomic E-state index is -0.862. The smallest absolute Gasteiger partial charge is 0.345 e. The maximum absolute atomic E-state index is 11.1. The van der Waals surface area contributed by atoms with Crippen LogP contribution in [0.4, 0.5) is 5.69 Å². The summed E-state index contributed by atoms with van der Waals surface area (Å²) in [5, 5.41) is 9.08. The fourth-order valence-corrected chi connectivity index (χ4v) is 3.21. The molecule has 0 aliphatic carbocycles. The number of aromatic carboxylic acids is 1. The molecule has 18 heavy (non-hydrogen) atoms. The van der Waals surface area contributed by atoms with E-state index in [0.717, 1.165) is 34.8 Å². The molecular weight excluding hydrogens is 248 g/mol. The van der Waals surface area contributed by atoms with Crippen molar-refractivity contribution < 1.29 is 9.90 Å². The summed E-state index contributed by atoms with van der Waals surface area (Å²) in [6, 6.07) is 5.67. The van der Waals surface area contributed by atoms with Gasteiger partial charge in [0.2, 0.25) is 0 Å². The summed E-state index contributed by atoms with van der Waals surface area (Å²) >= 11 is 1.36. The Bertz CT molecular complexity index is 621. The highest BCUT2D eigenvalue weighted by molar-refractivity contribution is 7.14. The second kappa shape index (κ2) is 4.10. The van der Waals surface area contributed by atoms with Crippen LogP contribution in [0.15, 0.2) is 24.4 Å². The van der Waals surface area contributed by atoms with Crippen LogP contribution in [0, 0.1) is 0 Å². The van der Waals surface area contributed by atoms with E-state index in [2.05, 4.69) is 9.88 Å². The van der Waals surface area contributed by atoms with Crippen LogP contribution in [0.2, 0.25) is 0 Å². The molecular formula is C13H12N2O2S. The second-order valence-corrected chi connectivity index (χ2v) is 5.43. The van der Waals surface area contributed by atoms with Crippen LogP contribution in [0.3, 0.4) is 0 Å². The molecule has 1 aliphatic heterocycles. The van der Waals surface area contributed by atoms with Crippen molar-refractivity contribution in [3.05, 3.63) is 34.2 Å². The van der Waals surface area contributed by atoms with Crippen LogP contribution in [0.5, 0.6) is 0 Å². The summed E-state index contributed by atoms with van der Waals surface area (Å²) in [6.45, 7) is 0.880. The first kappa shape index (κ1) is 11.2. The van der Waals surface area contributed by atoms with E-state index in [0.29, 0.717) is 4.88 Å². The van der Waals surface area contributed by atoms with Gasteiger partial charge < -0.3 is 10.0 Å². The largest absolute Gasteiger partial charge is 0.477 e. The number of pyridine rings is 1. The van der Waals surface area contributed by atoms with E-state index in [1.165, 1.54) is 11.3 Å². The standard InChI is InChI=1S/C13H12N2O2S/c1-15-6-4-10-8(7-11(18-10)13(16)17)12-9(15)3-2-5-14-12/h2-3,5,7H,4,6H2,1H3,(H,16,17). The minimum absolute atomic E-state index is 0.390. The molecule has 0 unspecified atom stereocenters. The number of likely N-dealkylation sites (N-methyl/N-ethyl adjacent to an activating group) is 1. The average Bonchev–Trinajstić information content (AvgIpc) is 2.75. The Labute approximate surface area is 109 Å². The van der Waals surface area contributed by atoms with Gasteiger partial charge >= 0.3 is 5.97 Å². The van der Waals surface area contributed by atoms with Crippen LogP contribution in [0.25, 0.3) is 11.3 Å². The molecule has 0 fully saturated rings. The molecule has 0 aromatic carbocycles. The van der Waals surface area contributed by atoms with Crippen molar-refractivity contribution in [1.29, 1.82) is 0 Å². The van der Waals surface area contributed by atoms with Crippen molar-refractivity contribution in [3.63, 3.8) is 0 Å². The number of carbonyl (C=O) groups is 1. The van der Waals surface area contributed by atoms with Gasteiger partial charge in [0.1, 0.15) is 4.88 Å². The quantitative estimate of drug-likeness (QED) is 0.856. The van der Waals surface area contributed by atoms with Crippen molar-refractivity contribution in [1.82, 2.24) is 4.98 Å². The number of rotatable bonds is 1. The lowest BCUT2D eigenvalue weighted by Crippen LogP contribution is -2.19. The number of nitrogens with zero attached hydrogens (tertiary/aromatic N) is 2. The van der Waals surface area contributed by atoms with Gasteiger partial charge in [0.15, 0.2) is 0 Å². The zero-order valence-corrected chi connectivity index (χ0v) is 10.7. The van der Waals surface area contributed by atoms with E-state index in [1.54, 1.807) is 12.3 Å². The Morgan fingerprint density at radius 2 is 2.39 bits per heavy atom. The van der Waals surface area contributed by atoms with Gasteiger partial charge in [-0.25, -0.2) is 4.79 Å². The maximum atomic E-state index is 11.1. The molecule has 92 valence electrons. The molecule has 0 amide bonds. The van der Waals surface area contributed by atoms with Gasteiger partial charge in [-0.05, 0) is 24.6 Å². The third-order valence-corrected chi connectivity index (χ3v) is 4.33. The first-order valence-electron chi connectivity index (χ1n) is 5.69. The fraction of sp³-hybridized carbons (Fsp3) is 0.231. The lowest BCUT2D eigenvalue weighted by molar-refractivity contribution is 0.0702. The zero-order valence-electron chi connectivity index (χ0n) is 9.88. The van der Waals surface area contributed by atoms with Gasteiger partial charge in [0.05, 0.1) is 11.4 Å². The monoisotopic (exact) mass is 260 g/mol. The van der Waals surface area contributed by atoms with E-state index in [4.69, 9.17) is 5.11 Å². The highest BCUT2D eigenvalue weighted by atomic mass is 32.1. The minimum Gasteiger partial charge on any atom is -0.477 e. The third-order valence-electron chi connectivity index (χ3n) is 3.15. The summed E-state index contributed by atoms with van der Waals surface area (Å²) in [5.41, 5.74) is 2.92. The van der Waals surface area contributed by atoms with Gasteiger partial charge in [-0.2, -0.15) is 0 Å². The molecule has 1 N–H and O–H groups in total. The summed E-state index contributed by atoms with van der Waals surface area (Å²) < 4.78 is 0. The topological polar surface area (TPSA) is 53.4 Å². The Morgan fingerprint density at radius 3 is 3.17 bits per heavy atom. The van der Waals surface area contributed by atoms with Crippen LogP contribution >= 0.6 is 11.3 Å². The Kier molecular flexibility index (Phi) is 2.56. The fourth-order valence-electron chi connectivity index (χ4n) is 2.22. The normalized spacial score (nSPS) is 13.7. The lowest BCUT2D eigenvalue weighted by Gasteiger charge is -2.18. The van der Waals surface area contributed by atoms with E-state index in [-0.39, 0.29) is 0 Å². The molecule has 3 rings (SSSR count). The average molecular weight is 260 g/mol. The van der Waals surface area contributed by atoms with Crippen molar-refractivity contribution in [2.45, 2.75) is 6.42 Å². The van der Waals surface area contributed by atoms with Crippen LogP contribution in [-0.2, 0) is 6.42 Å². The number of thiophene rings is 1. The number of fused-ring (bicyclic) bond motifs is 3. The van der Waals surface area contributed by atoms with E-state index >= 15 is 0 Å². The Balaban J connectivity index is 2.22. The maximum Gasteiger partial charge on any atom is 0.345 e. The molecule has 3 heterocycles. The first-order valence-corrected chi connectivity index (χ1v) is 6.51. The lowest BCUT2D eigenvalue weighted by atomic mass is 10.1. The Hall–Kier alpha value is -1.88. The number of aromatic nitrogens is 1. The first-order chi connectivity index (χ1) is 8.66. The van der Waals surface area contributed by atoms with E-state index < -0.39 is 5.97 Å². The van der Waals surface area contributed by atoms with Crippen molar-refractivity contribution in [2.75, 3.05) is 18.5 Å².